The van der Waals surface area contributed by atoms with Gasteiger partial charge in [0.15, 0.2) is 0 Å². The van der Waals surface area contributed by atoms with Crippen LogP contribution in [0.4, 0.5) is 4.39 Å². The Kier molecular flexibility index (Phi) is 5.29. The molecule has 84 valence electrons. The van der Waals surface area contributed by atoms with E-state index < -0.39 is 0 Å². The fourth-order valence-electron chi connectivity index (χ4n) is 1.59. The van der Waals surface area contributed by atoms with Gasteiger partial charge in [0.2, 0.25) is 0 Å². The van der Waals surface area contributed by atoms with E-state index in [1.54, 1.807) is 12.1 Å². The number of aliphatic hydroxyl groups is 1. The van der Waals surface area contributed by atoms with Crippen LogP contribution in [0.15, 0.2) is 18.2 Å². The van der Waals surface area contributed by atoms with Crippen molar-refractivity contribution >= 4 is 0 Å². The van der Waals surface area contributed by atoms with Crippen LogP contribution in [0.25, 0.3) is 0 Å². The normalized spacial score (nSPS) is 10.6. The Morgan fingerprint density at radius 2 is 2.07 bits per heavy atom. The first-order valence-corrected chi connectivity index (χ1v) is 5.36. The third-order valence-electron chi connectivity index (χ3n) is 2.37. The van der Waals surface area contributed by atoms with Crippen LogP contribution in [0.3, 0.4) is 0 Å². The highest BCUT2D eigenvalue weighted by molar-refractivity contribution is 5.28. The van der Waals surface area contributed by atoms with Gasteiger partial charge in [-0.1, -0.05) is 13.0 Å². The Morgan fingerprint density at radius 3 is 2.73 bits per heavy atom. The van der Waals surface area contributed by atoms with Crippen molar-refractivity contribution in [3.63, 3.8) is 0 Å². The van der Waals surface area contributed by atoms with E-state index in [1.165, 1.54) is 6.07 Å². The molecule has 2 N–H and O–H groups in total. The number of hydrogen-bond donors (Lipinski definition) is 2. The highest BCUT2D eigenvalue weighted by Gasteiger charge is 2.03. The number of likely N-dealkylation sites (N-methyl/N-ethyl adjacent to an activating group) is 1. The lowest BCUT2D eigenvalue weighted by Gasteiger charge is -2.08. The lowest BCUT2D eigenvalue weighted by molar-refractivity contribution is 0.299. The summed E-state index contributed by atoms with van der Waals surface area (Å²) in [6.45, 7) is 3.92. The zero-order chi connectivity index (χ0) is 11.1. The Morgan fingerprint density at radius 1 is 1.27 bits per heavy atom. The van der Waals surface area contributed by atoms with Gasteiger partial charge in [-0.25, -0.2) is 4.39 Å². The van der Waals surface area contributed by atoms with Crippen LogP contribution in [0.1, 0.15) is 18.1 Å². The van der Waals surface area contributed by atoms with Gasteiger partial charge in [-0.15, -0.1) is 0 Å². The summed E-state index contributed by atoms with van der Waals surface area (Å²) in [5, 5.41) is 12.1. The van der Waals surface area contributed by atoms with Crippen molar-refractivity contribution in [1.29, 1.82) is 0 Å². The van der Waals surface area contributed by atoms with Crippen molar-refractivity contribution in [1.82, 2.24) is 5.32 Å². The zero-order valence-corrected chi connectivity index (χ0v) is 9.09. The maximum absolute atomic E-state index is 13.0. The smallest absolute Gasteiger partial charge is 0.123 e. The van der Waals surface area contributed by atoms with Gasteiger partial charge in [0.1, 0.15) is 5.82 Å². The molecule has 0 fully saturated rings. The number of aliphatic hydroxyl groups excluding tert-OH is 1. The molecular weight excluding hydrogens is 193 g/mol. The van der Waals surface area contributed by atoms with Crippen LogP contribution >= 0.6 is 0 Å². The first kappa shape index (κ1) is 12.1. The van der Waals surface area contributed by atoms with Crippen LogP contribution < -0.4 is 5.32 Å². The van der Waals surface area contributed by atoms with Gasteiger partial charge < -0.3 is 10.4 Å². The molecule has 0 aromatic heterocycles. The van der Waals surface area contributed by atoms with E-state index >= 15 is 0 Å². The molecule has 1 aromatic rings. The predicted molar refractivity (Wildman–Crippen MR) is 59.4 cm³/mol. The summed E-state index contributed by atoms with van der Waals surface area (Å²) in [5.41, 5.74) is 2.03. The molecule has 0 saturated carbocycles. The molecule has 0 radical (unpaired) electrons. The molecule has 2 nitrogen and oxygen atoms in total. The molecule has 0 unspecified atom stereocenters. The van der Waals surface area contributed by atoms with E-state index in [1.807, 2.05) is 6.92 Å². The molecule has 0 bridgehead atoms. The third kappa shape index (κ3) is 3.98. The Hall–Kier alpha value is -0.930. The van der Waals surface area contributed by atoms with Crippen LogP contribution in [-0.4, -0.2) is 24.8 Å². The maximum Gasteiger partial charge on any atom is 0.123 e. The summed E-state index contributed by atoms with van der Waals surface area (Å²) < 4.78 is 13.0. The predicted octanol–water partition coefficient (Wildman–Crippen LogP) is 1.51. The van der Waals surface area contributed by atoms with Gasteiger partial charge >= 0.3 is 0 Å². The van der Waals surface area contributed by atoms with Crippen molar-refractivity contribution < 1.29 is 9.50 Å². The molecule has 15 heavy (non-hydrogen) atoms. The Balaban J connectivity index is 2.68. The minimum atomic E-state index is -0.205. The minimum absolute atomic E-state index is 0.111. The van der Waals surface area contributed by atoms with Crippen molar-refractivity contribution in [2.24, 2.45) is 0 Å². The van der Waals surface area contributed by atoms with Gasteiger partial charge in [-0.2, -0.15) is 0 Å². The molecule has 0 aliphatic carbocycles. The number of rotatable bonds is 6. The topological polar surface area (TPSA) is 32.3 Å². The molecule has 0 heterocycles. The number of hydrogen-bond acceptors (Lipinski definition) is 2. The van der Waals surface area contributed by atoms with E-state index in [9.17, 15) is 4.39 Å². The van der Waals surface area contributed by atoms with Crippen molar-refractivity contribution in [2.45, 2.75) is 19.8 Å². The Labute approximate surface area is 90.1 Å². The van der Waals surface area contributed by atoms with Crippen LogP contribution in [0.2, 0.25) is 0 Å². The van der Waals surface area contributed by atoms with Gasteiger partial charge in [-0.05, 0) is 49.2 Å². The van der Waals surface area contributed by atoms with Gasteiger partial charge in [0, 0.05) is 6.61 Å². The largest absolute Gasteiger partial charge is 0.396 e. The van der Waals surface area contributed by atoms with Crippen molar-refractivity contribution in [3.05, 3.63) is 35.1 Å². The molecule has 0 atom stereocenters. The van der Waals surface area contributed by atoms with Crippen LogP contribution in [0, 0.1) is 5.82 Å². The summed E-state index contributed by atoms with van der Waals surface area (Å²) in [4.78, 5) is 0. The first-order chi connectivity index (χ1) is 7.27. The molecule has 1 rings (SSSR count). The molecule has 0 aliphatic heterocycles. The minimum Gasteiger partial charge on any atom is -0.396 e. The molecule has 0 saturated heterocycles. The lowest BCUT2D eigenvalue weighted by Crippen LogP contribution is -2.17. The summed E-state index contributed by atoms with van der Waals surface area (Å²) in [5.74, 6) is -0.205. The molecule has 1 aromatic carbocycles. The average molecular weight is 211 g/mol. The van der Waals surface area contributed by atoms with Crippen LogP contribution in [0.5, 0.6) is 0 Å². The molecule has 0 amide bonds. The molecule has 0 aliphatic rings. The number of halogens is 1. The standard InChI is InChI=1S/C12H18FNO/c1-2-14-7-5-11-9-12(13)4-3-10(11)6-8-15/h3-4,9,14-15H,2,5-8H2,1H3. The van der Waals surface area contributed by atoms with Gasteiger partial charge in [0.05, 0.1) is 0 Å². The second kappa shape index (κ2) is 6.53. The van der Waals surface area contributed by atoms with Crippen molar-refractivity contribution in [2.75, 3.05) is 19.7 Å². The van der Waals surface area contributed by atoms with Crippen molar-refractivity contribution in [3.8, 4) is 0 Å². The van der Waals surface area contributed by atoms with E-state index in [-0.39, 0.29) is 12.4 Å². The van der Waals surface area contributed by atoms with Gasteiger partial charge in [0.25, 0.3) is 0 Å². The summed E-state index contributed by atoms with van der Waals surface area (Å²) in [7, 11) is 0. The zero-order valence-electron chi connectivity index (χ0n) is 9.09. The summed E-state index contributed by atoms with van der Waals surface area (Å²) >= 11 is 0. The molecule has 0 spiro atoms. The molecule has 3 heteroatoms. The lowest BCUT2D eigenvalue weighted by atomic mass is 10.0. The first-order valence-electron chi connectivity index (χ1n) is 5.36. The van der Waals surface area contributed by atoms with E-state index in [0.29, 0.717) is 6.42 Å². The van der Waals surface area contributed by atoms with E-state index in [4.69, 9.17) is 5.11 Å². The number of benzene rings is 1. The van der Waals surface area contributed by atoms with E-state index in [2.05, 4.69) is 5.32 Å². The maximum atomic E-state index is 13.0. The fraction of sp³-hybridized carbons (Fsp3) is 0.500. The summed E-state index contributed by atoms with van der Waals surface area (Å²) in [6.07, 6.45) is 1.41. The monoisotopic (exact) mass is 211 g/mol. The second-order valence-electron chi connectivity index (χ2n) is 3.49. The SMILES string of the molecule is CCNCCc1cc(F)ccc1CCO. The fourth-order valence-corrected chi connectivity index (χ4v) is 1.59. The average Bonchev–Trinajstić information content (AvgIpc) is 2.22. The number of nitrogens with one attached hydrogen (secondary N) is 1. The van der Waals surface area contributed by atoms with Gasteiger partial charge in [-0.3, -0.25) is 0 Å². The second-order valence-corrected chi connectivity index (χ2v) is 3.49. The third-order valence-corrected chi connectivity index (χ3v) is 2.37. The Bertz CT molecular complexity index is 302. The van der Waals surface area contributed by atoms with E-state index in [0.717, 1.165) is 30.6 Å². The highest BCUT2D eigenvalue weighted by Crippen LogP contribution is 2.12. The molecular formula is C12H18FNO. The highest BCUT2D eigenvalue weighted by atomic mass is 19.1. The van der Waals surface area contributed by atoms with Crippen LogP contribution in [-0.2, 0) is 12.8 Å². The summed E-state index contributed by atoms with van der Waals surface area (Å²) in [6, 6.07) is 4.76. The quantitative estimate of drug-likeness (QED) is 0.699.